The van der Waals surface area contributed by atoms with Gasteiger partial charge in [0.1, 0.15) is 5.75 Å². The van der Waals surface area contributed by atoms with Crippen molar-refractivity contribution >= 4 is 17.5 Å². The molecule has 1 amide bonds. The third kappa shape index (κ3) is 3.64. The average molecular weight is 297 g/mol. The van der Waals surface area contributed by atoms with Gasteiger partial charge in [-0.2, -0.15) is 0 Å². The van der Waals surface area contributed by atoms with E-state index in [0.717, 1.165) is 31.2 Å². The first-order chi connectivity index (χ1) is 9.54. The van der Waals surface area contributed by atoms with E-state index in [-0.39, 0.29) is 18.1 Å². The molecule has 1 aliphatic rings. The van der Waals surface area contributed by atoms with Crippen molar-refractivity contribution in [3.63, 3.8) is 0 Å². The van der Waals surface area contributed by atoms with Gasteiger partial charge in [-0.25, -0.2) is 0 Å². The Kier molecular flexibility index (Phi) is 4.89. The predicted molar refractivity (Wildman–Crippen MR) is 80.1 cm³/mol. The molecule has 20 heavy (non-hydrogen) atoms. The molecule has 110 valence electrons. The second-order valence-corrected chi connectivity index (χ2v) is 5.85. The van der Waals surface area contributed by atoms with E-state index in [9.17, 15) is 4.79 Å². The molecule has 0 bridgehead atoms. The van der Waals surface area contributed by atoms with Crippen LogP contribution in [0.5, 0.6) is 5.75 Å². The summed E-state index contributed by atoms with van der Waals surface area (Å²) in [6, 6.07) is 5.35. The van der Waals surface area contributed by atoms with Crippen molar-refractivity contribution in [2.45, 2.75) is 38.1 Å². The number of hydrogen-bond acceptors (Lipinski definition) is 3. The van der Waals surface area contributed by atoms with Gasteiger partial charge in [-0.1, -0.05) is 24.4 Å². The van der Waals surface area contributed by atoms with E-state index < -0.39 is 0 Å². The second kappa shape index (κ2) is 6.46. The molecule has 1 saturated carbocycles. The summed E-state index contributed by atoms with van der Waals surface area (Å²) in [5.41, 5.74) is 6.49. The van der Waals surface area contributed by atoms with Gasteiger partial charge in [0.25, 0.3) is 5.91 Å². The Morgan fingerprint density at radius 2 is 2.15 bits per heavy atom. The Hall–Kier alpha value is -1.26. The van der Waals surface area contributed by atoms with Crippen molar-refractivity contribution in [2.75, 3.05) is 13.2 Å². The fraction of sp³-hybridized carbons (Fsp3) is 0.533. The maximum atomic E-state index is 12.0. The lowest BCUT2D eigenvalue weighted by molar-refractivity contribution is -0.124. The molecule has 3 N–H and O–H groups in total. The summed E-state index contributed by atoms with van der Waals surface area (Å²) in [4.78, 5) is 12.0. The number of aryl methyl sites for hydroxylation is 1. The summed E-state index contributed by atoms with van der Waals surface area (Å²) in [5.74, 6) is 0.528. The van der Waals surface area contributed by atoms with E-state index in [4.69, 9.17) is 22.1 Å². The molecule has 1 aliphatic carbocycles. The van der Waals surface area contributed by atoms with Crippen molar-refractivity contribution in [3.8, 4) is 5.75 Å². The molecule has 0 spiro atoms. The number of hydrogen-bond donors (Lipinski definition) is 2. The van der Waals surface area contributed by atoms with Crippen molar-refractivity contribution in [1.29, 1.82) is 0 Å². The number of halogens is 1. The minimum Gasteiger partial charge on any atom is -0.484 e. The summed E-state index contributed by atoms with van der Waals surface area (Å²) in [5, 5.41) is 3.71. The van der Waals surface area contributed by atoms with Crippen LogP contribution in [0.3, 0.4) is 0 Å². The first-order valence-electron chi connectivity index (χ1n) is 6.95. The summed E-state index contributed by atoms with van der Waals surface area (Å²) in [6.07, 6.45) is 4.15. The van der Waals surface area contributed by atoms with Crippen LogP contribution in [0, 0.1) is 6.92 Å². The van der Waals surface area contributed by atoms with Gasteiger partial charge in [-0.15, -0.1) is 0 Å². The van der Waals surface area contributed by atoms with E-state index in [1.807, 2.05) is 13.0 Å². The lowest BCUT2D eigenvalue weighted by Gasteiger charge is -2.28. The number of nitrogens with two attached hydrogens (primary N) is 1. The molecule has 1 aromatic carbocycles. The van der Waals surface area contributed by atoms with Crippen LogP contribution < -0.4 is 15.8 Å². The highest BCUT2D eigenvalue weighted by atomic mass is 35.5. The predicted octanol–water partition coefficient (Wildman–Crippen LogP) is 2.41. The van der Waals surface area contributed by atoms with Gasteiger partial charge in [0.05, 0.1) is 5.54 Å². The Morgan fingerprint density at radius 1 is 1.45 bits per heavy atom. The number of benzene rings is 1. The van der Waals surface area contributed by atoms with Gasteiger partial charge < -0.3 is 15.8 Å². The van der Waals surface area contributed by atoms with Crippen LogP contribution in [0.2, 0.25) is 5.02 Å². The lowest BCUT2D eigenvalue weighted by Crippen LogP contribution is -2.52. The quantitative estimate of drug-likeness (QED) is 0.877. The summed E-state index contributed by atoms with van der Waals surface area (Å²) < 4.78 is 5.49. The van der Waals surface area contributed by atoms with E-state index in [0.29, 0.717) is 17.3 Å². The van der Waals surface area contributed by atoms with Crippen molar-refractivity contribution in [1.82, 2.24) is 5.32 Å². The van der Waals surface area contributed by atoms with Crippen LogP contribution in [0.15, 0.2) is 18.2 Å². The molecule has 5 heteroatoms. The monoisotopic (exact) mass is 296 g/mol. The van der Waals surface area contributed by atoms with E-state index in [2.05, 4.69) is 5.32 Å². The average Bonchev–Trinajstić information content (AvgIpc) is 2.89. The van der Waals surface area contributed by atoms with Crippen LogP contribution >= 0.6 is 11.6 Å². The highest BCUT2D eigenvalue weighted by Gasteiger charge is 2.33. The largest absolute Gasteiger partial charge is 0.484 e. The fourth-order valence-corrected chi connectivity index (χ4v) is 2.74. The molecule has 1 fully saturated rings. The molecule has 0 atom stereocenters. The SMILES string of the molecule is Cc1cc(OCC(=O)NC2(CN)CCCC2)ccc1Cl. The maximum absolute atomic E-state index is 12.0. The highest BCUT2D eigenvalue weighted by molar-refractivity contribution is 6.31. The Morgan fingerprint density at radius 3 is 2.75 bits per heavy atom. The van der Waals surface area contributed by atoms with Gasteiger partial charge in [-0.3, -0.25) is 4.79 Å². The molecule has 0 aliphatic heterocycles. The molecule has 0 radical (unpaired) electrons. The molecular weight excluding hydrogens is 276 g/mol. The Balaban J connectivity index is 1.87. The molecule has 0 aromatic heterocycles. The van der Waals surface area contributed by atoms with E-state index in [1.54, 1.807) is 12.1 Å². The minimum absolute atomic E-state index is 0.00280. The number of nitrogens with one attached hydrogen (secondary N) is 1. The van der Waals surface area contributed by atoms with E-state index >= 15 is 0 Å². The van der Waals surface area contributed by atoms with Gasteiger partial charge >= 0.3 is 0 Å². The smallest absolute Gasteiger partial charge is 0.258 e. The van der Waals surface area contributed by atoms with Crippen molar-refractivity contribution in [2.24, 2.45) is 5.73 Å². The van der Waals surface area contributed by atoms with Crippen LogP contribution in [-0.2, 0) is 4.79 Å². The van der Waals surface area contributed by atoms with Crippen molar-refractivity contribution in [3.05, 3.63) is 28.8 Å². The van der Waals surface area contributed by atoms with Crippen LogP contribution in [0.25, 0.3) is 0 Å². The third-order valence-electron chi connectivity index (χ3n) is 3.86. The molecule has 0 heterocycles. The van der Waals surface area contributed by atoms with E-state index in [1.165, 1.54) is 0 Å². The summed E-state index contributed by atoms with van der Waals surface area (Å²) in [6.45, 7) is 2.39. The number of rotatable bonds is 5. The normalized spacial score (nSPS) is 16.9. The zero-order valence-electron chi connectivity index (χ0n) is 11.7. The van der Waals surface area contributed by atoms with Crippen LogP contribution in [0.1, 0.15) is 31.2 Å². The molecule has 1 aromatic rings. The van der Waals surface area contributed by atoms with Gasteiger partial charge in [0.15, 0.2) is 6.61 Å². The third-order valence-corrected chi connectivity index (χ3v) is 4.28. The molecular formula is C15H21ClN2O2. The number of carbonyl (C=O) groups excluding carboxylic acids is 1. The fourth-order valence-electron chi connectivity index (χ4n) is 2.62. The number of ether oxygens (including phenoxy) is 1. The topological polar surface area (TPSA) is 64.3 Å². The van der Waals surface area contributed by atoms with Gasteiger partial charge in [-0.05, 0) is 43.5 Å². The maximum Gasteiger partial charge on any atom is 0.258 e. The zero-order chi connectivity index (χ0) is 14.6. The molecule has 0 saturated heterocycles. The molecule has 0 unspecified atom stereocenters. The second-order valence-electron chi connectivity index (χ2n) is 5.44. The van der Waals surface area contributed by atoms with Gasteiger partial charge in [0.2, 0.25) is 0 Å². The Labute approximate surface area is 124 Å². The Bertz CT molecular complexity index is 485. The minimum atomic E-state index is -0.226. The molecule has 4 nitrogen and oxygen atoms in total. The summed E-state index contributed by atoms with van der Waals surface area (Å²) >= 11 is 5.95. The van der Waals surface area contributed by atoms with Crippen LogP contribution in [-0.4, -0.2) is 24.6 Å². The number of carbonyl (C=O) groups is 1. The van der Waals surface area contributed by atoms with Gasteiger partial charge in [0, 0.05) is 11.6 Å². The lowest BCUT2D eigenvalue weighted by atomic mass is 9.98. The molecule has 2 rings (SSSR count). The van der Waals surface area contributed by atoms with Crippen LogP contribution in [0.4, 0.5) is 0 Å². The first-order valence-corrected chi connectivity index (χ1v) is 7.32. The standard InChI is InChI=1S/C15H21ClN2O2/c1-11-8-12(4-5-13(11)16)20-9-14(19)18-15(10-17)6-2-3-7-15/h4-5,8H,2-3,6-7,9-10,17H2,1H3,(H,18,19). The zero-order valence-corrected chi connectivity index (χ0v) is 12.5. The first kappa shape index (κ1) is 15.1. The summed E-state index contributed by atoms with van der Waals surface area (Å²) in [7, 11) is 0. The van der Waals surface area contributed by atoms with Crippen molar-refractivity contribution < 1.29 is 9.53 Å². The number of amides is 1. The highest BCUT2D eigenvalue weighted by Crippen LogP contribution is 2.28.